The summed E-state index contributed by atoms with van der Waals surface area (Å²) in [5, 5.41) is 12.4. The van der Waals surface area contributed by atoms with Gasteiger partial charge in [0.2, 0.25) is 0 Å². The Morgan fingerprint density at radius 1 is 1.35 bits per heavy atom. The highest BCUT2D eigenvalue weighted by Gasteiger charge is 2.22. The smallest absolute Gasteiger partial charge is 0.387 e. The Morgan fingerprint density at radius 2 is 2.00 bits per heavy atom. The molecule has 1 rings (SSSR count). The molecule has 1 aromatic carbocycles. The molecule has 1 atom stereocenters. The van der Waals surface area contributed by atoms with Gasteiger partial charge in [0.25, 0.3) is 0 Å². The van der Waals surface area contributed by atoms with E-state index in [1.165, 1.54) is 12.1 Å². The zero-order chi connectivity index (χ0) is 15.0. The number of nitriles is 1. The lowest BCUT2D eigenvalue weighted by molar-refractivity contribution is -0.0498. The standard InChI is InChI=1S/C15H20F2N2O/c1-3-10-19-15(2,11-18)9-8-12-4-6-13(7-5-12)20-14(16)17/h4-7,14,19H,3,8-10H2,1-2H3. The van der Waals surface area contributed by atoms with E-state index in [1.54, 1.807) is 12.1 Å². The van der Waals surface area contributed by atoms with E-state index in [-0.39, 0.29) is 5.75 Å². The molecule has 1 N–H and O–H groups in total. The molecule has 1 aromatic rings. The SMILES string of the molecule is CCCNC(C)(C#N)CCc1ccc(OC(F)F)cc1. The van der Waals surface area contributed by atoms with Crippen LogP contribution >= 0.6 is 0 Å². The average Bonchev–Trinajstić information content (AvgIpc) is 2.44. The van der Waals surface area contributed by atoms with Gasteiger partial charge in [-0.2, -0.15) is 14.0 Å². The van der Waals surface area contributed by atoms with Gasteiger partial charge in [-0.25, -0.2) is 0 Å². The van der Waals surface area contributed by atoms with E-state index in [4.69, 9.17) is 0 Å². The Labute approximate surface area is 118 Å². The predicted octanol–water partition coefficient (Wildman–Crippen LogP) is 3.50. The molecule has 0 bridgehead atoms. The number of nitrogens with zero attached hydrogens (tertiary/aromatic N) is 1. The lowest BCUT2D eigenvalue weighted by Gasteiger charge is -2.23. The molecular weight excluding hydrogens is 262 g/mol. The number of benzene rings is 1. The molecule has 0 aliphatic heterocycles. The number of hydrogen-bond acceptors (Lipinski definition) is 3. The minimum absolute atomic E-state index is 0.149. The van der Waals surface area contributed by atoms with Crippen LogP contribution in [-0.2, 0) is 6.42 Å². The fraction of sp³-hybridized carbons (Fsp3) is 0.533. The Hall–Kier alpha value is -1.67. The second-order valence-electron chi connectivity index (χ2n) is 4.89. The predicted molar refractivity (Wildman–Crippen MR) is 73.7 cm³/mol. The molecule has 0 radical (unpaired) electrons. The molecule has 0 saturated carbocycles. The van der Waals surface area contributed by atoms with Crippen molar-refractivity contribution in [1.82, 2.24) is 5.32 Å². The van der Waals surface area contributed by atoms with Crippen molar-refractivity contribution in [2.45, 2.75) is 45.3 Å². The molecule has 0 aromatic heterocycles. The third kappa shape index (κ3) is 5.54. The van der Waals surface area contributed by atoms with Crippen molar-refractivity contribution in [1.29, 1.82) is 5.26 Å². The lowest BCUT2D eigenvalue weighted by Crippen LogP contribution is -2.41. The molecule has 0 saturated heterocycles. The maximum atomic E-state index is 12.0. The van der Waals surface area contributed by atoms with Crippen LogP contribution in [-0.4, -0.2) is 18.7 Å². The van der Waals surface area contributed by atoms with Crippen molar-refractivity contribution in [3.05, 3.63) is 29.8 Å². The van der Waals surface area contributed by atoms with Gasteiger partial charge in [-0.15, -0.1) is 0 Å². The average molecular weight is 282 g/mol. The van der Waals surface area contributed by atoms with E-state index >= 15 is 0 Å². The third-order valence-electron chi connectivity index (χ3n) is 3.07. The fourth-order valence-electron chi connectivity index (χ4n) is 1.82. The first-order valence-electron chi connectivity index (χ1n) is 6.69. The maximum absolute atomic E-state index is 12.0. The van der Waals surface area contributed by atoms with Gasteiger partial charge in [0.1, 0.15) is 11.3 Å². The molecule has 1 unspecified atom stereocenters. The Morgan fingerprint density at radius 3 is 2.50 bits per heavy atom. The van der Waals surface area contributed by atoms with Gasteiger partial charge in [0.15, 0.2) is 0 Å². The summed E-state index contributed by atoms with van der Waals surface area (Å²) in [6, 6.07) is 8.81. The summed E-state index contributed by atoms with van der Waals surface area (Å²) in [5.74, 6) is 0.149. The van der Waals surface area contributed by atoms with E-state index < -0.39 is 12.2 Å². The molecule has 110 valence electrons. The van der Waals surface area contributed by atoms with Crippen LogP contribution in [0.2, 0.25) is 0 Å². The van der Waals surface area contributed by atoms with Crippen LogP contribution in [0, 0.1) is 11.3 Å². The topological polar surface area (TPSA) is 45.0 Å². The number of aryl methyl sites for hydroxylation is 1. The van der Waals surface area contributed by atoms with Crippen molar-refractivity contribution < 1.29 is 13.5 Å². The second-order valence-corrected chi connectivity index (χ2v) is 4.89. The number of rotatable bonds is 8. The molecule has 3 nitrogen and oxygen atoms in total. The molecular formula is C15H20F2N2O. The highest BCUT2D eigenvalue weighted by atomic mass is 19.3. The first-order chi connectivity index (χ1) is 9.49. The van der Waals surface area contributed by atoms with Gasteiger partial charge in [0, 0.05) is 0 Å². The Bertz CT molecular complexity index is 442. The van der Waals surface area contributed by atoms with Crippen molar-refractivity contribution in [3.8, 4) is 11.8 Å². The minimum Gasteiger partial charge on any atom is -0.435 e. The summed E-state index contributed by atoms with van der Waals surface area (Å²) >= 11 is 0. The van der Waals surface area contributed by atoms with E-state index in [2.05, 4.69) is 16.1 Å². The van der Waals surface area contributed by atoms with Gasteiger partial charge < -0.3 is 4.74 Å². The summed E-state index contributed by atoms with van der Waals surface area (Å²) in [6.07, 6.45) is 2.34. The summed E-state index contributed by atoms with van der Waals surface area (Å²) < 4.78 is 28.3. The lowest BCUT2D eigenvalue weighted by atomic mass is 9.94. The molecule has 0 heterocycles. The van der Waals surface area contributed by atoms with Gasteiger partial charge in [-0.05, 0) is 50.4 Å². The van der Waals surface area contributed by atoms with E-state index in [9.17, 15) is 14.0 Å². The first-order valence-corrected chi connectivity index (χ1v) is 6.69. The number of hydrogen-bond donors (Lipinski definition) is 1. The number of alkyl halides is 2. The number of ether oxygens (including phenoxy) is 1. The van der Waals surface area contributed by atoms with Gasteiger partial charge in [-0.1, -0.05) is 19.1 Å². The van der Waals surface area contributed by atoms with Crippen LogP contribution < -0.4 is 10.1 Å². The molecule has 20 heavy (non-hydrogen) atoms. The van der Waals surface area contributed by atoms with E-state index in [0.717, 1.165) is 18.5 Å². The van der Waals surface area contributed by atoms with Crippen LogP contribution in [0.15, 0.2) is 24.3 Å². The van der Waals surface area contributed by atoms with Crippen molar-refractivity contribution in [3.63, 3.8) is 0 Å². The monoisotopic (exact) mass is 282 g/mol. The van der Waals surface area contributed by atoms with E-state index in [1.807, 2.05) is 13.8 Å². The van der Waals surface area contributed by atoms with Crippen LogP contribution in [0.3, 0.4) is 0 Å². The number of nitrogens with one attached hydrogen (secondary N) is 1. The van der Waals surface area contributed by atoms with Crippen LogP contribution in [0.4, 0.5) is 8.78 Å². The molecule has 0 fully saturated rings. The maximum Gasteiger partial charge on any atom is 0.387 e. The minimum atomic E-state index is -2.80. The summed E-state index contributed by atoms with van der Waals surface area (Å²) in [5.41, 5.74) is 0.431. The second kappa shape index (κ2) is 7.81. The van der Waals surface area contributed by atoms with Crippen molar-refractivity contribution >= 4 is 0 Å². The molecule has 0 aliphatic carbocycles. The highest BCUT2D eigenvalue weighted by Crippen LogP contribution is 2.18. The summed E-state index contributed by atoms with van der Waals surface area (Å²) in [7, 11) is 0. The largest absolute Gasteiger partial charge is 0.435 e. The van der Waals surface area contributed by atoms with Crippen LogP contribution in [0.5, 0.6) is 5.75 Å². The highest BCUT2D eigenvalue weighted by molar-refractivity contribution is 5.27. The first kappa shape index (κ1) is 16.4. The normalized spacial score (nSPS) is 13.8. The molecule has 0 amide bonds. The third-order valence-corrected chi connectivity index (χ3v) is 3.07. The molecule has 0 aliphatic rings. The fourth-order valence-corrected chi connectivity index (χ4v) is 1.82. The summed E-state index contributed by atoms with van der Waals surface area (Å²) in [4.78, 5) is 0. The zero-order valence-electron chi connectivity index (χ0n) is 11.8. The van der Waals surface area contributed by atoms with Crippen molar-refractivity contribution in [2.24, 2.45) is 0 Å². The van der Waals surface area contributed by atoms with Gasteiger partial charge in [-0.3, -0.25) is 5.32 Å². The quantitative estimate of drug-likeness (QED) is 0.793. The number of halogens is 2. The van der Waals surface area contributed by atoms with Crippen LogP contribution in [0.1, 0.15) is 32.3 Å². The van der Waals surface area contributed by atoms with Gasteiger partial charge >= 0.3 is 6.61 Å². The van der Waals surface area contributed by atoms with E-state index in [0.29, 0.717) is 12.8 Å². The summed E-state index contributed by atoms with van der Waals surface area (Å²) in [6.45, 7) is 1.91. The zero-order valence-corrected chi connectivity index (χ0v) is 11.8. The van der Waals surface area contributed by atoms with Gasteiger partial charge in [0.05, 0.1) is 6.07 Å². The Balaban J connectivity index is 2.54. The van der Waals surface area contributed by atoms with Crippen LogP contribution in [0.25, 0.3) is 0 Å². The molecule has 5 heteroatoms. The van der Waals surface area contributed by atoms with Crippen molar-refractivity contribution in [2.75, 3.05) is 6.54 Å². The Kier molecular flexibility index (Phi) is 6.40. The molecule has 0 spiro atoms.